The highest BCUT2D eigenvalue weighted by molar-refractivity contribution is 6.32. The normalized spacial score (nSPS) is 10.3. The molecule has 6 heteroatoms. The van der Waals surface area contributed by atoms with Crippen molar-refractivity contribution < 1.29 is 19.1 Å². The molecule has 0 aliphatic carbocycles. The van der Waals surface area contributed by atoms with Gasteiger partial charge in [0.1, 0.15) is 23.8 Å². The number of aryl methyl sites for hydroxylation is 1. The third kappa shape index (κ3) is 2.62. The van der Waals surface area contributed by atoms with Gasteiger partial charge in [0.15, 0.2) is 6.39 Å². The fourth-order valence-electron chi connectivity index (χ4n) is 1.36. The molecule has 0 saturated carbocycles. The van der Waals surface area contributed by atoms with Crippen LogP contribution in [-0.4, -0.2) is 16.1 Å². The molecule has 0 atom stereocenters. The molecule has 2 rings (SSSR count). The van der Waals surface area contributed by atoms with Crippen LogP contribution in [0.5, 0.6) is 5.75 Å². The van der Waals surface area contributed by atoms with Gasteiger partial charge in [-0.2, -0.15) is 0 Å². The van der Waals surface area contributed by atoms with Crippen molar-refractivity contribution in [2.45, 2.75) is 13.5 Å². The van der Waals surface area contributed by atoms with Crippen molar-refractivity contribution in [1.29, 1.82) is 0 Å². The van der Waals surface area contributed by atoms with Gasteiger partial charge in [0.05, 0.1) is 10.6 Å². The number of ether oxygens (including phenoxy) is 1. The van der Waals surface area contributed by atoms with Crippen LogP contribution in [0, 0.1) is 6.92 Å². The van der Waals surface area contributed by atoms with Gasteiger partial charge in [0.2, 0.25) is 0 Å². The second kappa shape index (κ2) is 5.10. The predicted octanol–water partition coefficient (Wildman–Crippen LogP) is 2.91. The number of nitrogens with zero attached hydrogens (tertiary/aromatic N) is 1. The van der Waals surface area contributed by atoms with Crippen LogP contribution < -0.4 is 4.74 Å². The van der Waals surface area contributed by atoms with E-state index in [1.807, 2.05) is 0 Å². The van der Waals surface area contributed by atoms with Crippen molar-refractivity contribution >= 4 is 17.6 Å². The summed E-state index contributed by atoms with van der Waals surface area (Å²) in [6, 6.07) is 4.29. The lowest BCUT2D eigenvalue weighted by atomic mass is 10.2. The molecule has 18 heavy (non-hydrogen) atoms. The Morgan fingerprint density at radius 2 is 2.33 bits per heavy atom. The molecule has 0 spiro atoms. The van der Waals surface area contributed by atoms with Gasteiger partial charge in [-0.05, 0) is 25.1 Å². The van der Waals surface area contributed by atoms with E-state index in [1.54, 1.807) is 6.92 Å². The molecule has 0 aliphatic heterocycles. The van der Waals surface area contributed by atoms with Crippen LogP contribution in [0.4, 0.5) is 0 Å². The number of aromatic carboxylic acids is 1. The van der Waals surface area contributed by atoms with E-state index in [0.29, 0.717) is 17.2 Å². The van der Waals surface area contributed by atoms with Gasteiger partial charge in [-0.3, -0.25) is 0 Å². The zero-order valence-corrected chi connectivity index (χ0v) is 10.3. The highest BCUT2D eigenvalue weighted by atomic mass is 35.5. The quantitative estimate of drug-likeness (QED) is 0.922. The summed E-state index contributed by atoms with van der Waals surface area (Å²) in [5, 5.41) is 9.04. The Balaban J connectivity index is 2.11. The zero-order chi connectivity index (χ0) is 13.1. The molecule has 0 bridgehead atoms. The Hall–Kier alpha value is -2.01. The zero-order valence-electron chi connectivity index (χ0n) is 9.51. The Morgan fingerprint density at radius 3 is 2.89 bits per heavy atom. The van der Waals surface area contributed by atoms with Crippen molar-refractivity contribution in [2.75, 3.05) is 0 Å². The fraction of sp³-hybridized carbons (Fsp3) is 0.167. The van der Waals surface area contributed by atoms with Gasteiger partial charge in [0, 0.05) is 0 Å². The van der Waals surface area contributed by atoms with Crippen molar-refractivity contribution in [3.63, 3.8) is 0 Å². The van der Waals surface area contributed by atoms with Crippen LogP contribution in [0.1, 0.15) is 21.8 Å². The second-order valence-electron chi connectivity index (χ2n) is 3.59. The maximum Gasteiger partial charge on any atom is 0.335 e. The molecule has 2 aromatic rings. The van der Waals surface area contributed by atoms with Crippen molar-refractivity contribution in [3.8, 4) is 5.75 Å². The van der Waals surface area contributed by atoms with Crippen molar-refractivity contribution in [1.82, 2.24) is 4.98 Å². The van der Waals surface area contributed by atoms with Crippen molar-refractivity contribution in [3.05, 3.63) is 46.6 Å². The second-order valence-corrected chi connectivity index (χ2v) is 4.00. The van der Waals surface area contributed by atoms with E-state index in [4.69, 9.17) is 25.9 Å². The van der Waals surface area contributed by atoms with E-state index >= 15 is 0 Å². The van der Waals surface area contributed by atoms with Crippen LogP contribution in [-0.2, 0) is 6.61 Å². The number of carboxylic acid groups (broad SMARTS) is 1. The average molecular weight is 268 g/mol. The lowest BCUT2D eigenvalue weighted by Crippen LogP contribution is -2.00. The first kappa shape index (κ1) is 12.4. The van der Waals surface area contributed by atoms with Crippen LogP contribution in [0.3, 0.4) is 0 Å². The van der Waals surface area contributed by atoms with Gasteiger partial charge in [0.25, 0.3) is 0 Å². The lowest BCUT2D eigenvalue weighted by molar-refractivity contribution is 0.0697. The largest absolute Gasteiger partial charge is 0.486 e. The van der Waals surface area contributed by atoms with E-state index in [9.17, 15) is 4.79 Å². The van der Waals surface area contributed by atoms with Gasteiger partial charge >= 0.3 is 5.97 Å². The number of halogens is 1. The highest BCUT2D eigenvalue weighted by Crippen LogP contribution is 2.26. The molecule has 1 heterocycles. The first-order valence-electron chi connectivity index (χ1n) is 5.12. The molecule has 0 aliphatic rings. The molecular formula is C12H10ClNO4. The number of rotatable bonds is 4. The Kier molecular flexibility index (Phi) is 3.53. The van der Waals surface area contributed by atoms with E-state index in [1.165, 1.54) is 24.6 Å². The third-order valence-corrected chi connectivity index (χ3v) is 2.68. The van der Waals surface area contributed by atoms with Gasteiger partial charge in [-0.1, -0.05) is 11.6 Å². The summed E-state index contributed by atoms with van der Waals surface area (Å²) < 4.78 is 10.5. The summed E-state index contributed by atoms with van der Waals surface area (Å²) in [7, 11) is 0. The van der Waals surface area contributed by atoms with Crippen LogP contribution in [0.2, 0.25) is 5.02 Å². The summed E-state index contributed by atoms with van der Waals surface area (Å²) >= 11 is 5.92. The molecule has 1 N–H and O–H groups in total. The number of oxazole rings is 1. The first-order valence-corrected chi connectivity index (χ1v) is 5.50. The molecular weight excluding hydrogens is 258 g/mol. The van der Waals surface area contributed by atoms with E-state index in [-0.39, 0.29) is 17.2 Å². The summed E-state index contributed by atoms with van der Waals surface area (Å²) in [6.07, 6.45) is 1.34. The number of hydrogen-bond donors (Lipinski definition) is 1. The average Bonchev–Trinajstić information content (AvgIpc) is 2.73. The van der Waals surface area contributed by atoms with Crippen LogP contribution in [0.25, 0.3) is 0 Å². The summed E-state index contributed by atoms with van der Waals surface area (Å²) in [5.74, 6) is 0.0492. The van der Waals surface area contributed by atoms with Crippen molar-refractivity contribution in [2.24, 2.45) is 0 Å². The Labute approximate surface area is 108 Å². The molecule has 5 nitrogen and oxygen atoms in total. The Morgan fingerprint density at radius 1 is 1.56 bits per heavy atom. The monoisotopic (exact) mass is 267 g/mol. The summed E-state index contributed by atoms with van der Waals surface area (Å²) in [6.45, 7) is 2.00. The van der Waals surface area contributed by atoms with E-state index < -0.39 is 5.97 Å². The predicted molar refractivity (Wildman–Crippen MR) is 64.0 cm³/mol. The highest BCUT2D eigenvalue weighted by Gasteiger charge is 2.09. The van der Waals surface area contributed by atoms with Gasteiger partial charge < -0.3 is 14.3 Å². The lowest BCUT2D eigenvalue weighted by Gasteiger charge is -2.07. The number of aromatic nitrogens is 1. The molecule has 0 amide bonds. The van der Waals surface area contributed by atoms with Crippen LogP contribution in [0.15, 0.2) is 29.0 Å². The molecule has 0 fully saturated rings. The molecule has 0 saturated heterocycles. The standard InChI is InChI=1S/C12H10ClNO4/c1-7-10(14-6-18-7)5-17-11-3-2-8(12(15)16)4-9(11)13/h2-4,6H,5H2,1H3,(H,15,16). The van der Waals surface area contributed by atoms with Gasteiger partial charge in [-0.15, -0.1) is 0 Å². The maximum atomic E-state index is 10.7. The molecule has 1 aromatic heterocycles. The minimum atomic E-state index is -1.03. The van der Waals surface area contributed by atoms with E-state index in [2.05, 4.69) is 4.98 Å². The molecule has 94 valence electrons. The minimum Gasteiger partial charge on any atom is -0.486 e. The third-order valence-electron chi connectivity index (χ3n) is 2.39. The van der Waals surface area contributed by atoms with Gasteiger partial charge in [-0.25, -0.2) is 9.78 Å². The van der Waals surface area contributed by atoms with Crippen LogP contribution >= 0.6 is 11.6 Å². The smallest absolute Gasteiger partial charge is 0.335 e. The summed E-state index contributed by atoms with van der Waals surface area (Å²) in [5.41, 5.74) is 0.790. The minimum absolute atomic E-state index is 0.116. The number of hydrogen-bond acceptors (Lipinski definition) is 4. The molecule has 0 unspecified atom stereocenters. The summed E-state index contributed by atoms with van der Waals surface area (Å²) in [4.78, 5) is 14.7. The first-order chi connectivity index (χ1) is 8.58. The fourth-order valence-corrected chi connectivity index (χ4v) is 1.60. The maximum absolute atomic E-state index is 10.7. The van der Waals surface area contributed by atoms with E-state index in [0.717, 1.165) is 0 Å². The number of carbonyl (C=O) groups is 1. The Bertz CT molecular complexity index is 579. The SMILES string of the molecule is Cc1ocnc1COc1ccc(C(=O)O)cc1Cl. The topological polar surface area (TPSA) is 72.6 Å². The number of carboxylic acids is 1. The molecule has 1 aromatic carbocycles. The molecule has 0 radical (unpaired) electrons. The number of benzene rings is 1.